The molecule has 128 valence electrons. The van der Waals surface area contributed by atoms with E-state index in [2.05, 4.69) is 107 Å². The normalized spacial score (nSPS) is 11.5. The Bertz CT molecular complexity index is 738. The van der Waals surface area contributed by atoms with Crippen LogP contribution in [0.25, 0.3) is 0 Å². The molecule has 0 unspecified atom stereocenters. The number of benzene rings is 3. The molecular weight excluding hydrogens is 319 g/mol. The molecule has 0 N–H and O–H groups in total. The third-order valence-corrected chi connectivity index (χ3v) is 7.19. The third-order valence-electron chi connectivity index (χ3n) is 4.59. The summed E-state index contributed by atoms with van der Waals surface area (Å²) >= 11 is 0. The molecule has 0 aromatic heterocycles. The van der Waals surface area contributed by atoms with Gasteiger partial charge >= 0.3 is 0 Å². The van der Waals surface area contributed by atoms with Gasteiger partial charge in [-0.05, 0) is 46.8 Å². The average molecular weight is 346 g/mol. The lowest BCUT2D eigenvalue weighted by molar-refractivity contribution is 0.846. The fraction of sp³-hybridized carbons (Fsp3) is 0.250. The van der Waals surface area contributed by atoms with Crippen LogP contribution in [0.4, 0.5) is 0 Å². The Morgan fingerprint density at radius 2 is 0.920 bits per heavy atom. The molecule has 3 aromatic carbocycles. The van der Waals surface area contributed by atoms with Crippen LogP contribution in [0.5, 0.6) is 0 Å². The van der Waals surface area contributed by atoms with E-state index in [1.165, 1.54) is 21.7 Å². The summed E-state index contributed by atoms with van der Waals surface area (Å²) in [4.78, 5) is 0. The summed E-state index contributed by atoms with van der Waals surface area (Å²) in [6.07, 6.45) is 0. The molecule has 0 saturated carbocycles. The van der Waals surface area contributed by atoms with Gasteiger partial charge in [-0.3, -0.25) is 0 Å². The summed E-state index contributed by atoms with van der Waals surface area (Å²) in [5.41, 5.74) is 2.98. The van der Waals surface area contributed by atoms with E-state index in [1.54, 1.807) is 5.30 Å². The van der Waals surface area contributed by atoms with E-state index in [9.17, 15) is 0 Å². The summed E-state index contributed by atoms with van der Waals surface area (Å²) < 4.78 is 0. The molecule has 0 heterocycles. The van der Waals surface area contributed by atoms with Crippen molar-refractivity contribution in [1.29, 1.82) is 0 Å². The van der Waals surface area contributed by atoms with E-state index in [4.69, 9.17) is 0 Å². The number of hydrogen-bond donors (Lipinski definition) is 0. The minimum atomic E-state index is -0.552. The molecule has 0 atom stereocenters. The van der Waals surface area contributed by atoms with Crippen molar-refractivity contribution in [2.24, 2.45) is 0 Å². The van der Waals surface area contributed by atoms with Crippen LogP contribution >= 0.6 is 7.92 Å². The van der Waals surface area contributed by atoms with Gasteiger partial charge in [-0.2, -0.15) is 0 Å². The van der Waals surface area contributed by atoms with Crippen LogP contribution in [0.15, 0.2) is 78.9 Å². The van der Waals surface area contributed by atoms with Gasteiger partial charge in [-0.15, -0.1) is 0 Å². The van der Waals surface area contributed by atoms with Crippen molar-refractivity contribution in [2.45, 2.75) is 39.5 Å². The van der Waals surface area contributed by atoms with Gasteiger partial charge < -0.3 is 0 Å². The highest BCUT2D eigenvalue weighted by Crippen LogP contribution is 2.39. The maximum Gasteiger partial charge on any atom is -0.00818 e. The first kappa shape index (κ1) is 17.9. The van der Waals surface area contributed by atoms with Crippen molar-refractivity contribution in [3.05, 3.63) is 90.0 Å². The highest BCUT2D eigenvalue weighted by Gasteiger charge is 2.24. The monoisotopic (exact) mass is 346 g/mol. The zero-order valence-electron chi connectivity index (χ0n) is 15.6. The van der Waals surface area contributed by atoms with Crippen LogP contribution in [-0.4, -0.2) is 0 Å². The van der Waals surface area contributed by atoms with Crippen LogP contribution in [0.3, 0.4) is 0 Å². The van der Waals surface area contributed by atoms with Gasteiger partial charge in [0, 0.05) is 0 Å². The number of rotatable bonds is 5. The van der Waals surface area contributed by atoms with Crippen LogP contribution in [-0.2, 0) is 0 Å². The molecule has 0 fully saturated rings. The van der Waals surface area contributed by atoms with Gasteiger partial charge in [0.25, 0.3) is 0 Å². The second-order valence-corrected chi connectivity index (χ2v) is 9.25. The van der Waals surface area contributed by atoms with Crippen molar-refractivity contribution in [1.82, 2.24) is 0 Å². The van der Waals surface area contributed by atoms with E-state index in [-0.39, 0.29) is 0 Å². The van der Waals surface area contributed by atoms with Crippen molar-refractivity contribution in [3.63, 3.8) is 0 Å². The molecule has 1 heteroatoms. The van der Waals surface area contributed by atoms with Crippen LogP contribution in [0, 0.1) is 0 Å². The minimum absolute atomic E-state index is 0.520. The summed E-state index contributed by atoms with van der Waals surface area (Å²) in [7, 11) is -0.552. The molecule has 0 aliphatic heterocycles. The second kappa shape index (κ2) is 7.98. The molecule has 0 amide bonds. The SMILES string of the molecule is CC(C)c1cccc(C(C)C)c1P(c1ccccc1)c1ccccc1. The van der Waals surface area contributed by atoms with Crippen molar-refractivity contribution < 1.29 is 0 Å². The molecule has 0 nitrogen and oxygen atoms in total. The van der Waals surface area contributed by atoms with E-state index in [1.807, 2.05) is 0 Å². The first-order valence-electron chi connectivity index (χ1n) is 9.12. The van der Waals surface area contributed by atoms with E-state index in [0.717, 1.165) is 0 Å². The summed E-state index contributed by atoms with van der Waals surface area (Å²) in [5.74, 6) is 1.04. The lowest BCUT2D eigenvalue weighted by atomic mass is 9.95. The second-order valence-electron chi connectivity index (χ2n) is 7.10. The first-order chi connectivity index (χ1) is 12.1. The summed E-state index contributed by atoms with van der Waals surface area (Å²) in [6, 6.07) is 28.9. The lowest BCUT2D eigenvalue weighted by Gasteiger charge is -2.28. The zero-order valence-corrected chi connectivity index (χ0v) is 16.5. The maximum atomic E-state index is 2.33. The Hall–Kier alpha value is -1.91. The lowest BCUT2D eigenvalue weighted by Crippen LogP contribution is -2.27. The predicted octanol–water partition coefficient (Wildman–Crippen LogP) is 5.69. The standard InChI is InChI=1S/C24H27P/c1-18(2)22-16-11-17-23(19(3)4)24(22)25(20-12-7-5-8-13-20)21-14-9-6-10-15-21/h5-19H,1-4H3. The number of hydrogen-bond acceptors (Lipinski definition) is 0. The maximum absolute atomic E-state index is 2.33. The molecule has 0 saturated heterocycles. The van der Waals surface area contributed by atoms with Gasteiger partial charge in [0.2, 0.25) is 0 Å². The largest absolute Gasteiger partial charge is 0.0622 e. The predicted molar refractivity (Wildman–Crippen MR) is 113 cm³/mol. The average Bonchev–Trinajstić information content (AvgIpc) is 2.63. The third kappa shape index (κ3) is 3.86. The zero-order chi connectivity index (χ0) is 17.8. The molecule has 0 aliphatic rings. The summed E-state index contributed by atoms with van der Waals surface area (Å²) in [6.45, 7) is 9.25. The van der Waals surface area contributed by atoms with E-state index >= 15 is 0 Å². The molecule has 0 aliphatic carbocycles. The van der Waals surface area contributed by atoms with E-state index < -0.39 is 7.92 Å². The van der Waals surface area contributed by atoms with Crippen LogP contribution in [0.1, 0.15) is 50.7 Å². The Balaban J connectivity index is 2.31. The van der Waals surface area contributed by atoms with Crippen LogP contribution < -0.4 is 15.9 Å². The Labute approximate surface area is 153 Å². The highest BCUT2D eigenvalue weighted by atomic mass is 31.1. The fourth-order valence-corrected chi connectivity index (χ4v) is 6.27. The Morgan fingerprint density at radius 3 is 1.28 bits per heavy atom. The van der Waals surface area contributed by atoms with Crippen LogP contribution in [0.2, 0.25) is 0 Å². The van der Waals surface area contributed by atoms with Gasteiger partial charge in [0.05, 0.1) is 0 Å². The van der Waals surface area contributed by atoms with Gasteiger partial charge in [0.15, 0.2) is 0 Å². The first-order valence-corrected chi connectivity index (χ1v) is 10.5. The molecule has 25 heavy (non-hydrogen) atoms. The highest BCUT2D eigenvalue weighted by molar-refractivity contribution is 7.80. The molecular formula is C24H27P. The van der Waals surface area contributed by atoms with Crippen molar-refractivity contribution >= 4 is 23.8 Å². The fourth-order valence-electron chi connectivity index (χ4n) is 3.33. The molecule has 0 radical (unpaired) electrons. The topological polar surface area (TPSA) is 0 Å². The molecule has 3 rings (SSSR count). The van der Waals surface area contributed by atoms with E-state index in [0.29, 0.717) is 11.8 Å². The van der Waals surface area contributed by atoms with Gasteiger partial charge in [-0.1, -0.05) is 107 Å². The Morgan fingerprint density at radius 1 is 0.520 bits per heavy atom. The van der Waals surface area contributed by atoms with Crippen molar-refractivity contribution in [2.75, 3.05) is 0 Å². The summed E-state index contributed by atoms with van der Waals surface area (Å²) in [5, 5.41) is 4.41. The molecule has 0 spiro atoms. The molecule has 3 aromatic rings. The smallest absolute Gasteiger partial charge is 0.00818 e. The quantitative estimate of drug-likeness (QED) is 0.521. The molecule has 0 bridgehead atoms. The Kier molecular flexibility index (Phi) is 5.71. The minimum Gasteiger partial charge on any atom is -0.0622 e. The van der Waals surface area contributed by atoms with Gasteiger partial charge in [0.1, 0.15) is 0 Å². The van der Waals surface area contributed by atoms with Crippen molar-refractivity contribution in [3.8, 4) is 0 Å². The van der Waals surface area contributed by atoms with Gasteiger partial charge in [-0.25, -0.2) is 0 Å².